The summed E-state index contributed by atoms with van der Waals surface area (Å²) in [5.74, 6) is 0.893. The summed E-state index contributed by atoms with van der Waals surface area (Å²) in [7, 11) is 1.70. The molecule has 0 aliphatic heterocycles. The van der Waals surface area contributed by atoms with Gasteiger partial charge in [0.25, 0.3) is 0 Å². The van der Waals surface area contributed by atoms with Crippen LogP contribution in [0.25, 0.3) is 6.08 Å². The molecule has 2 aromatic carbocycles. The molecule has 0 radical (unpaired) electrons. The first-order chi connectivity index (χ1) is 11.9. The first-order valence-electron chi connectivity index (χ1n) is 8.21. The van der Waals surface area contributed by atoms with E-state index in [4.69, 9.17) is 4.74 Å². The number of rotatable bonds is 5. The molecule has 0 aliphatic rings. The van der Waals surface area contributed by atoms with Crippen LogP contribution in [0, 0.1) is 13.8 Å². The largest absolute Gasteiger partial charge is 0.496 e. The molecule has 0 saturated carbocycles. The number of hydrogen-bond acceptors (Lipinski definition) is 3. The molecule has 0 fully saturated rings. The minimum atomic E-state index is 0.893. The van der Waals surface area contributed by atoms with Gasteiger partial charge in [0.2, 0.25) is 0 Å². The zero-order valence-corrected chi connectivity index (χ0v) is 16.4. The Morgan fingerprint density at radius 1 is 1.08 bits per heavy atom. The summed E-state index contributed by atoms with van der Waals surface area (Å²) in [5.41, 5.74) is 5.44. The normalized spacial score (nSPS) is 12.2. The molecule has 25 heavy (non-hydrogen) atoms. The SMILES string of the molecule is C=C(C)/C(=C/c1ccc(C)c(OC)c1)SC(C)=Nc1ccc(C)cc1. The van der Waals surface area contributed by atoms with Gasteiger partial charge in [0.05, 0.1) is 17.8 Å². The monoisotopic (exact) mass is 351 g/mol. The maximum absolute atomic E-state index is 5.42. The molecular weight excluding hydrogens is 326 g/mol. The highest BCUT2D eigenvalue weighted by Crippen LogP contribution is 2.30. The van der Waals surface area contributed by atoms with Crippen LogP contribution in [-0.2, 0) is 0 Å². The van der Waals surface area contributed by atoms with Gasteiger partial charge >= 0.3 is 0 Å². The van der Waals surface area contributed by atoms with Crippen molar-refractivity contribution in [2.24, 2.45) is 4.99 Å². The molecule has 3 heteroatoms. The lowest BCUT2D eigenvalue weighted by Gasteiger charge is -2.09. The number of nitrogens with zero attached hydrogens (tertiary/aromatic N) is 1. The van der Waals surface area contributed by atoms with Gasteiger partial charge in [-0.1, -0.05) is 48.2 Å². The minimum Gasteiger partial charge on any atom is -0.496 e. The maximum atomic E-state index is 5.42. The lowest BCUT2D eigenvalue weighted by atomic mass is 10.1. The first kappa shape index (κ1) is 19.1. The minimum absolute atomic E-state index is 0.893. The van der Waals surface area contributed by atoms with E-state index in [1.807, 2.05) is 39.0 Å². The fraction of sp³-hybridized carbons (Fsp3) is 0.227. The van der Waals surface area contributed by atoms with Crippen molar-refractivity contribution in [3.63, 3.8) is 0 Å². The molecular formula is C22H25NOS. The first-order valence-corrected chi connectivity index (χ1v) is 9.02. The summed E-state index contributed by atoms with van der Waals surface area (Å²) in [4.78, 5) is 5.78. The molecule has 2 aromatic rings. The van der Waals surface area contributed by atoms with Crippen molar-refractivity contribution in [2.45, 2.75) is 27.7 Å². The number of thioether (sulfide) groups is 1. The van der Waals surface area contributed by atoms with Crippen molar-refractivity contribution < 1.29 is 4.74 Å². The summed E-state index contributed by atoms with van der Waals surface area (Å²) in [6.45, 7) is 12.3. The maximum Gasteiger partial charge on any atom is 0.122 e. The lowest BCUT2D eigenvalue weighted by Crippen LogP contribution is -1.90. The van der Waals surface area contributed by atoms with Crippen LogP contribution in [0.5, 0.6) is 5.75 Å². The van der Waals surface area contributed by atoms with E-state index < -0.39 is 0 Å². The van der Waals surface area contributed by atoms with Gasteiger partial charge in [-0.3, -0.25) is 0 Å². The van der Waals surface area contributed by atoms with Gasteiger partial charge in [-0.2, -0.15) is 0 Å². The highest BCUT2D eigenvalue weighted by Gasteiger charge is 2.05. The van der Waals surface area contributed by atoms with E-state index in [0.717, 1.165) is 38.1 Å². The molecule has 0 spiro atoms. The van der Waals surface area contributed by atoms with Crippen molar-refractivity contribution in [1.29, 1.82) is 0 Å². The molecule has 2 nitrogen and oxygen atoms in total. The summed E-state index contributed by atoms with van der Waals surface area (Å²) < 4.78 is 5.42. The van der Waals surface area contributed by atoms with Crippen LogP contribution in [0.3, 0.4) is 0 Å². The predicted octanol–water partition coefficient (Wildman–Crippen LogP) is 6.71. The average Bonchev–Trinajstić information content (AvgIpc) is 2.57. The van der Waals surface area contributed by atoms with Crippen LogP contribution in [0.1, 0.15) is 30.5 Å². The third-order valence-corrected chi connectivity index (χ3v) is 4.80. The third kappa shape index (κ3) is 5.64. The molecule has 0 atom stereocenters. The number of aliphatic imine (C=N–C) groups is 1. The Kier molecular flexibility index (Phi) is 6.65. The zero-order valence-electron chi connectivity index (χ0n) is 15.6. The summed E-state index contributed by atoms with van der Waals surface area (Å²) in [5, 5.41) is 0.983. The van der Waals surface area contributed by atoms with E-state index in [0.29, 0.717) is 0 Å². The van der Waals surface area contributed by atoms with Crippen LogP contribution >= 0.6 is 11.8 Å². The second-order valence-corrected chi connectivity index (χ2v) is 7.32. The Morgan fingerprint density at radius 2 is 1.76 bits per heavy atom. The van der Waals surface area contributed by atoms with Gasteiger partial charge in [0.15, 0.2) is 0 Å². The Bertz CT molecular complexity index is 816. The van der Waals surface area contributed by atoms with Gasteiger partial charge < -0.3 is 4.74 Å². The van der Waals surface area contributed by atoms with Gasteiger partial charge in [0.1, 0.15) is 5.75 Å². The van der Waals surface area contributed by atoms with Crippen molar-refractivity contribution in [3.8, 4) is 5.75 Å². The van der Waals surface area contributed by atoms with E-state index in [1.54, 1.807) is 18.9 Å². The van der Waals surface area contributed by atoms with Gasteiger partial charge in [-0.25, -0.2) is 4.99 Å². The number of methoxy groups -OCH3 is 1. The van der Waals surface area contributed by atoms with Gasteiger partial charge in [-0.05, 0) is 68.7 Å². The highest BCUT2D eigenvalue weighted by atomic mass is 32.2. The van der Waals surface area contributed by atoms with Crippen LogP contribution in [0.2, 0.25) is 0 Å². The van der Waals surface area contributed by atoms with E-state index >= 15 is 0 Å². The number of ether oxygens (including phenoxy) is 1. The number of hydrogen-bond donors (Lipinski definition) is 0. The molecule has 0 aromatic heterocycles. The van der Waals surface area contributed by atoms with E-state index in [2.05, 4.69) is 48.8 Å². The van der Waals surface area contributed by atoms with Crippen molar-refractivity contribution in [1.82, 2.24) is 0 Å². The van der Waals surface area contributed by atoms with E-state index in [-0.39, 0.29) is 0 Å². The molecule has 0 amide bonds. The number of allylic oxidation sites excluding steroid dienone is 1. The Labute approximate surface area is 155 Å². The topological polar surface area (TPSA) is 21.6 Å². The second kappa shape index (κ2) is 8.72. The predicted molar refractivity (Wildman–Crippen MR) is 112 cm³/mol. The standard InChI is InChI=1S/C22H25NOS/c1-15(2)22(14-19-10-9-17(4)21(13-19)24-6)25-18(5)23-20-11-7-16(3)8-12-20/h7-14H,1H2,2-6H3/b22-14-,23-18?. The summed E-state index contributed by atoms with van der Waals surface area (Å²) >= 11 is 1.64. The van der Waals surface area contributed by atoms with Gasteiger partial charge in [-0.15, -0.1) is 0 Å². The molecule has 0 aliphatic carbocycles. The van der Waals surface area contributed by atoms with Gasteiger partial charge in [0, 0.05) is 4.91 Å². The highest BCUT2D eigenvalue weighted by molar-refractivity contribution is 8.17. The fourth-order valence-corrected chi connectivity index (χ4v) is 3.14. The number of benzene rings is 2. The molecule has 2 rings (SSSR count). The zero-order chi connectivity index (χ0) is 18.4. The molecule has 0 heterocycles. The molecule has 0 N–H and O–H groups in total. The molecule has 0 saturated heterocycles. The Hall–Kier alpha value is -2.26. The third-order valence-electron chi connectivity index (χ3n) is 3.73. The lowest BCUT2D eigenvalue weighted by molar-refractivity contribution is 0.411. The van der Waals surface area contributed by atoms with E-state index in [9.17, 15) is 0 Å². The van der Waals surface area contributed by atoms with Crippen molar-refractivity contribution in [3.05, 3.63) is 76.2 Å². The quantitative estimate of drug-likeness (QED) is 0.339. The van der Waals surface area contributed by atoms with Crippen molar-refractivity contribution in [2.75, 3.05) is 7.11 Å². The second-order valence-electron chi connectivity index (χ2n) is 6.09. The molecule has 0 bridgehead atoms. The fourth-order valence-electron chi connectivity index (χ4n) is 2.30. The van der Waals surface area contributed by atoms with Crippen LogP contribution in [0.15, 0.2) is 64.5 Å². The van der Waals surface area contributed by atoms with E-state index in [1.165, 1.54) is 5.56 Å². The van der Waals surface area contributed by atoms with Crippen LogP contribution < -0.4 is 4.74 Å². The van der Waals surface area contributed by atoms with Crippen LogP contribution in [-0.4, -0.2) is 12.2 Å². The van der Waals surface area contributed by atoms with Crippen molar-refractivity contribution >= 4 is 28.6 Å². The van der Waals surface area contributed by atoms with Crippen LogP contribution in [0.4, 0.5) is 5.69 Å². The molecule has 0 unspecified atom stereocenters. The average molecular weight is 352 g/mol. The molecule has 130 valence electrons. The Morgan fingerprint density at radius 3 is 2.36 bits per heavy atom. The number of aryl methyl sites for hydroxylation is 2. The Balaban J connectivity index is 2.25. The summed E-state index contributed by atoms with van der Waals surface area (Å²) in [6, 6.07) is 14.4. The smallest absolute Gasteiger partial charge is 0.122 e. The summed E-state index contributed by atoms with van der Waals surface area (Å²) in [6.07, 6.45) is 2.13.